The number of fused-ring (bicyclic) bond motifs is 1. The van der Waals surface area contributed by atoms with Crippen molar-refractivity contribution in [3.63, 3.8) is 0 Å². The molecule has 0 amide bonds. The lowest BCUT2D eigenvalue weighted by Gasteiger charge is -2.24. The van der Waals surface area contributed by atoms with Gasteiger partial charge in [0.25, 0.3) is 5.56 Å². The smallest absolute Gasteiger partial charge is 0.338 e. The van der Waals surface area contributed by atoms with Gasteiger partial charge in [0.1, 0.15) is 11.6 Å². The lowest BCUT2D eigenvalue weighted by molar-refractivity contribution is -0.139. The van der Waals surface area contributed by atoms with E-state index in [1.165, 1.54) is 23.6 Å². The predicted octanol–water partition coefficient (Wildman–Crippen LogP) is 2.86. The third-order valence-corrected chi connectivity index (χ3v) is 6.15. The average Bonchev–Trinajstić information content (AvgIpc) is 3.09. The highest BCUT2D eigenvalue weighted by atomic mass is 32.1. The fourth-order valence-corrected chi connectivity index (χ4v) is 4.76. The normalized spacial score (nSPS) is 15.5. The predicted molar refractivity (Wildman–Crippen MR) is 125 cm³/mol. The van der Waals surface area contributed by atoms with Crippen LogP contribution < -0.4 is 19.6 Å². The van der Waals surface area contributed by atoms with E-state index in [4.69, 9.17) is 9.47 Å². The van der Waals surface area contributed by atoms with Gasteiger partial charge in [0.05, 0.1) is 28.5 Å². The molecular formula is C25H21FN2O5S. The Kier molecular flexibility index (Phi) is 6.56. The van der Waals surface area contributed by atoms with E-state index >= 15 is 0 Å². The maximum absolute atomic E-state index is 14.2. The van der Waals surface area contributed by atoms with Crippen molar-refractivity contribution in [2.24, 2.45) is 4.99 Å². The summed E-state index contributed by atoms with van der Waals surface area (Å²) >= 11 is 1.11. The zero-order valence-electron chi connectivity index (χ0n) is 18.7. The number of rotatable bonds is 5. The first kappa shape index (κ1) is 23.3. The fraction of sp³-hybridized carbons (Fsp3) is 0.200. The number of benzene rings is 2. The molecule has 34 heavy (non-hydrogen) atoms. The van der Waals surface area contributed by atoms with E-state index < -0.39 is 29.4 Å². The molecular weight excluding hydrogens is 459 g/mol. The van der Waals surface area contributed by atoms with E-state index in [1.54, 1.807) is 56.3 Å². The average molecular weight is 481 g/mol. The minimum absolute atomic E-state index is 0.158. The highest BCUT2D eigenvalue weighted by molar-refractivity contribution is 7.07. The Morgan fingerprint density at radius 2 is 1.88 bits per heavy atom. The first-order valence-corrected chi connectivity index (χ1v) is 11.3. The summed E-state index contributed by atoms with van der Waals surface area (Å²) in [6.07, 6.45) is 1.48. The summed E-state index contributed by atoms with van der Waals surface area (Å²) in [7, 11) is 0. The Labute approximate surface area is 198 Å². The van der Waals surface area contributed by atoms with Crippen molar-refractivity contribution in [2.45, 2.75) is 26.8 Å². The summed E-state index contributed by atoms with van der Waals surface area (Å²) in [4.78, 5) is 42.5. The molecule has 0 spiro atoms. The Morgan fingerprint density at radius 3 is 2.53 bits per heavy atom. The molecule has 4 rings (SSSR count). The number of allylic oxidation sites excluding steroid dienone is 1. The molecule has 1 aliphatic heterocycles. The van der Waals surface area contributed by atoms with Gasteiger partial charge in [0, 0.05) is 12.5 Å². The van der Waals surface area contributed by atoms with E-state index in [2.05, 4.69) is 4.99 Å². The second kappa shape index (κ2) is 9.56. The standard InChI is InChI=1S/C25H21FN2O5S/c1-4-32-24(31)21-14(2)27-25-28(22(21)16-9-11-18(12-10-16)33-15(3)29)23(30)20(34-25)13-17-7-5-6-8-19(17)26/h5-13,22H,4H2,1-3H3/t22-/m0/s1. The second-order valence-electron chi connectivity index (χ2n) is 7.49. The van der Waals surface area contributed by atoms with Crippen LogP contribution in [0.25, 0.3) is 6.08 Å². The van der Waals surface area contributed by atoms with Gasteiger partial charge in [-0.2, -0.15) is 0 Å². The SMILES string of the molecule is CCOC(=O)C1=C(C)N=c2sc(=Cc3ccccc3F)c(=O)n2[C@H]1c1ccc(OC(C)=O)cc1. The molecule has 1 aromatic heterocycles. The molecule has 9 heteroatoms. The third-order valence-electron chi connectivity index (χ3n) is 5.17. The van der Waals surface area contributed by atoms with Crippen LogP contribution in [-0.2, 0) is 14.3 Å². The molecule has 2 aromatic carbocycles. The molecule has 0 bridgehead atoms. The summed E-state index contributed by atoms with van der Waals surface area (Å²) in [5, 5.41) is 0. The Hall–Kier alpha value is -3.85. The maximum Gasteiger partial charge on any atom is 0.338 e. The quantitative estimate of drug-likeness (QED) is 0.414. The zero-order chi connectivity index (χ0) is 24.4. The van der Waals surface area contributed by atoms with E-state index in [0.29, 0.717) is 21.8 Å². The van der Waals surface area contributed by atoms with Gasteiger partial charge in [-0.15, -0.1) is 0 Å². The molecule has 3 aromatic rings. The Balaban J connectivity index is 1.92. The molecule has 0 unspecified atom stereocenters. The van der Waals surface area contributed by atoms with E-state index in [-0.39, 0.29) is 22.3 Å². The van der Waals surface area contributed by atoms with Gasteiger partial charge < -0.3 is 9.47 Å². The molecule has 0 saturated carbocycles. The monoisotopic (exact) mass is 480 g/mol. The molecule has 0 aliphatic carbocycles. The topological polar surface area (TPSA) is 87.0 Å². The highest BCUT2D eigenvalue weighted by Gasteiger charge is 2.33. The number of esters is 2. The summed E-state index contributed by atoms with van der Waals surface area (Å²) in [5.74, 6) is -1.16. The van der Waals surface area contributed by atoms with Crippen LogP contribution in [0.1, 0.15) is 37.9 Å². The van der Waals surface area contributed by atoms with Gasteiger partial charge >= 0.3 is 11.9 Å². The van der Waals surface area contributed by atoms with Crippen LogP contribution in [0.5, 0.6) is 5.75 Å². The number of ether oxygens (including phenoxy) is 2. The van der Waals surface area contributed by atoms with Crippen molar-refractivity contribution >= 4 is 29.4 Å². The minimum atomic E-state index is -0.815. The lowest BCUT2D eigenvalue weighted by Crippen LogP contribution is -2.39. The first-order chi connectivity index (χ1) is 16.3. The van der Waals surface area contributed by atoms with Crippen LogP contribution in [0.4, 0.5) is 4.39 Å². The van der Waals surface area contributed by atoms with Crippen LogP contribution in [0.2, 0.25) is 0 Å². The van der Waals surface area contributed by atoms with Crippen molar-refractivity contribution < 1.29 is 23.5 Å². The van der Waals surface area contributed by atoms with Crippen molar-refractivity contribution in [3.8, 4) is 5.75 Å². The van der Waals surface area contributed by atoms with Gasteiger partial charge in [-0.1, -0.05) is 41.7 Å². The third kappa shape index (κ3) is 4.47. The van der Waals surface area contributed by atoms with Crippen LogP contribution in [-0.4, -0.2) is 23.1 Å². The van der Waals surface area contributed by atoms with Crippen LogP contribution >= 0.6 is 11.3 Å². The van der Waals surface area contributed by atoms with Crippen LogP contribution in [0.3, 0.4) is 0 Å². The Bertz CT molecular complexity index is 1480. The molecule has 1 atom stereocenters. The maximum atomic E-state index is 14.2. The van der Waals surface area contributed by atoms with Gasteiger partial charge in [0.2, 0.25) is 0 Å². The molecule has 2 heterocycles. The van der Waals surface area contributed by atoms with Gasteiger partial charge in [-0.05, 0) is 43.7 Å². The van der Waals surface area contributed by atoms with E-state index in [9.17, 15) is 18.8 Å². The number of halogens is 1. The van der Waals surface area contributed by atoms with Crippen molar-refractivity contribution in [1.29, 1.82) is 0 Å². The van der Waals surface area contributed by atoms with Gasteiger partial charge in [-0.25, -0.2) is 14.2 Å². The van der Waals surface area contributed by atoms with E-state index in [0.717, 1.165) is 11.3 Å². The summed E-state index contributed by atoms with van der Waals surface area (Å²) < 4.78 is 26.3. The number of hydrogen-bond donors (Lipinski definition) is 0. The molecule has 0 radical (unpaired) electrons. The van der Waals surface area contributed by atoms with Crippen molar-refractivity contribution in [1.82, 2.24) is 4.57 Å². The van der Waals surface area contributed by atoms with Gasteiger partial charge in [0.15, 0.2) is 4.80 Å². The fourth-order valence-electron chi connectivity index (χ4n) is 3.72. The molecule has 7 nitrogen and oxygen atoms in total. The summed E-state index contributed by atoms with van der Waals surface area (Å²) in [6.45, 7) is 4.83. The largest absolute Gasteiger partial charge is 0.463 e. The molecule has 174 valence electrons. The van der Waals surface area contributed by atoms with Gasteiger partial charge in [-0.3, -0.25) is 14.2 Å². The molecule has 0 fully saturated rings. The summed E-state index contributed by atoms with van der Waals surface area (Å²) in [6, 6.07) is 11.9. The first-order valence-electron chi connectivity index (χ1n) is 10.5. The van der Waals surface area contributed by atoms with Crippen LogP contribution in [0, 0.1) is 5.82 Å². The second-order valence-corrected chi connectivity index (χ2v) is 8.50. The number of thiazole rings is 1. The summed E-state index contributed by atoms with van der Waals surface area (Å²) in [5.41, 5.74) is 1.12. The van der Waals surface area contributed by atoms with Crippen LogP contribution in [0.15, 0.2) is 69.6 Å². The minimum Gasteiger partial charge on any atom is -0.463 e. The Morgan fingerprint density at radius 1 is 1.18 bits per heavy atom. The number of carbonyl (C=O) groups is 2. The van der Waals surface area contributed by atoms with E-state index in [1.807, 2.05) is 0 Å². The van der Waals surface area contributed by atoms with Crippen molar-refractivity contribution in [2.75, 3.05) is 6.61 Å². The zero-order valence-corrected chi connectivity index (χ0v) is 19.5. The number of carbonyl (C=O) groups excluding carboxylic acids is 2. The van der Waals surface area contributed by atoms with Crippen molar-refractivity contribution in [3.05, 3.63) is 96.4 Å². The molecule has 1 aliphatic rings. The number of aromatic nitrogens is 1. The molecule has 0 saturated heterocycles. The number of nitrogens with zero attached hydrogens (tertiary/aromatic N) is 2. The lowest BCUT2D eigenvalue weighted by atomic mass is 9.96. The highest BCUT2D eigenvalue weighted by Crippen LogP contribution is 2.31. The molecule has 0 N–H and O–H groups in total. The number of hydrogen-bond acceptors (Lipinski definition) is 7.